The van der Waals surface area contributed by atoms with Crippen molar-refractivity contribution >= 4 is 9.84 Å². The highest BCUT2D eigenvalue weighted by atomic mass is 32.2. The van der Waals surface area contributed by atoms with Gasteiger partial charge >= 0.3 is 6.18 Å². The molecule has 0 saturated carbocycles. The van der Waals surface area contributed by atoms with Crippen molar-refractivity contribution in [3.8, 4) is 5.69 Å². The Morgan fingerprint density at radius 3 is 2.11 bits per heavy atom. The zero-order chi connectivity index (χ0) is 14.3. The van der Waals surface area contributed by atoms with E-state index in [1.54, 1.807) is 0 Å². The van der Waals surface area contributed by atoms with E-state index in [-0.39, 0.29) is 4.90 Å². The van der Waals surface area contributed by atoms with Crippen LogP contribution in [0.1, 0.15) is 5.69 Å². The summed E-state index contributed by atoms with van der Waals surface area (Å²) in [7, 11) is -3.33. The van der Waals surface area contributed by atoms with Gasteiger partial charge in [0.15, 0.2) is 15.5 Å². The van der Waals surface area contributed by atoms with E-state index in [1.807, 2.05) is 0 Å². The predicted molar refractivity (Wildman–Crippen MR) is 61.7 cm³/mol. The van der Waals surface area contributed by atoms with E-state index in [9.17, 15) is 21.6 Å². The Morgan fingerprint density at radius 1 is 1.11 bits per heavy atom. The normalized spacial score (nSPS) is 12.6. The molecule has 0 unspecified atom stereocenters. The van der Waals surface area contributed by atoms with Crippen LogP contribution in [0.4, 0.5) is 13.2 Å². The van der Waals surface area contributed by atoms with Crippen molar-refractivity contribution in [2.45, 2.75) is 11.1 Å². The van der Waals surface area contributed by atoms with Gasteiger partial charge in [-0.2, -0.15) is 18.3 Å². The van der Waals surface area contributed by atoms with Gasteiger partial charge in [-0.25, -0.2) is 13.1 Å². The first-order valence-electron chi connectivity index (χ1n) is 5.11. The van der Waals surface area contributed by atoms with Gasteiger partial charge < -0.3 is 0 Å². The van der Waals surface area contributed by atoms with Gasteiger partial charge in [0.2, 0.25) is 0 Å². The van der Waals surface area contributed by atoms with Crippen LogP contribution in [0.3, 0.4) is 0 Å². The largest absolute Gasteiger partial charge is 0.435 e. The maximum atomic E-state index is 12.4. The van der Waals surface area contributed by atoms with E-state index < -0.39 is 21.7 Å². The molecule has 0 bridgehead atoms. The summed E-state index contributed by atoms with van der Waals surface area (Å²) in [6.45, 7) is 0. The van der Waals surface area contributed by atoms with Gasteiger partial charge in [0.05, 0.1) is 10.6 Å². The van der Waals surface area contributed by atoms with E-state index in [0.717, 1.165) is 23.2 Å². The van der Waals surface area contributed by atoms with E-state index in [4.69, 9.17) is 0 Å². The molecule has 1 aromatic carbocycles. The summed E-state index contributed by atoms with van der Waals surface area (Å²) in [5.74, 6) is 0. The molecular weight excluding hydrogens is 281 g/mol. The monoisotopic (exact) mass is 290 g/mol. The second kappa shape index (κ2) is 4.37. The lowest BCUT2D eigenvalue weighted by Gasteiger charge is -2.04. The van der Waals surface area contributed by atoms with Crippen LogP contribution in [0.5, 0.6) is 0 Å². The molecule has 2 aromatic rings. The van der Waals surface area contributed by atoms with Gasteiger partial charge in [-0.1, -0.05) is 0 Å². The maximum Gasteiger partial charge on any atom is 0.435 e. The Bertz CT molecular complexity index is 687. The van der Waals surface area contributed by atoms with Crippen LogP contribution < -0.4 is 0 Å². The lowest BCUT2D eigenvalue weighted by atomic mass is 10.3. The molecule has 0 radical (unpaired) electrons. The SMILES string of the molecule is CS(=O)(=O)c1ccc(-n2ccc(C(F)(F)F)n2)cc1. The summed E-state index contributed by atoms with van der Waals surface area (Å²) in [5.41, 5.74) is -0.650. The molecule has 0 fully saturated rings. The topological polar surface area (TPSA) is 52.0 Å². The molecule has 0 N–H and O–H groups in total. The third-order valence-corrected chi connectivity index (χ3v) is 3.54. The summed E-state index contributed by atoms with van der Waals surface area (Å²) >= 11 is 0. The van der Waals surface area contributed by atoms with Crippen molar-refractivity contribution in [1.29, 1.82) is 0 Å². The van der Waals surface area contributed by atoms with Crippen molar-refractivity contribution in [2.75, 3.05) is 6.26 Å². The summed E-state index contributed by atoms with van der Waals surface area (Å²) < 4.78 is 60.7. The number of hydrogen-bond donors (Lipinski definition) is 0. The minimum absolute atomic E-state index is 0.0967. The Morgan fingerprint density at radius 2 is 1.68 bits per heavy atom. The summed E-state index contributed by atoms with van der Waals surface area (Å²) in [6.07, 6.45) is -2.28. The zero-order valence-electron chi connectivity index (χ0n) is 9.72. The molecule has 0 saturated heterocycles. The molecule has 0 aliphatic rings. The molecule has 2 rings (SSSR count). The molecule has 8 heteroatoms. The Hall–Kier alpha value is -1.83. The predicted octanol–water partition coefficient (Wildman–Crippen LogP) is 2.29. The average molecular weight is 290 g/mol. The smallest absolute Gasteiger partial charge is 0.240 e. The van der Waals surface area contributed by atoms with Gasteiger partial charge in [0.1, 0.15) is 0 Å². The van der Waals surface area contributed by atoms with E-state index in [1.165, 1.54) is 24.3 Å². The summed E-state index contributed by atoms with van der Waals surface area (Å²) in [4.78, 5) is 0.0967. The van der Waals surface area contributed by atoms with Crippen molar-refractivity contribution < 1.29 is 21.6 Å². The van der Waals surface area contributed by atoms with Gasteiger partial charge in [-0.15, -0.1) is 0 Å². The Balaban J connectivity index is 2.36. The number of nitrogens with zero attached hydrogens (tertiary/aromatic N) is 2. The van der Waals surface area contributed by atoms with Gasteiger partial charge in [0.25, 0.3) is 0 Å². The molecule has 102 valence electrons. The zero-order valence-corrected chi connectivity index (χ0v) is 10.5. The fourth-order valence-electron chi connectivity index (χ4n) is 1.46. The number of rotatable bonds is 2. The maximum absolute atomic E-state index is 12.4. The fourth-order valence-corrected chi connectivity index (χ4v) is 2.10. The van der Waals surface area contributed by atoms with Crippen molar-refractivity contribution in [1.82, 2.24) is 9.78 Å². The van der Waals surface area contributed by atoms with E-state index in [0.29, 0.717) is 5.69 Å². The second-order valence-electron chi connectivity index (χ2n) is 3.91. The van der Waals surface area contributed by atoms with Crippen molar-refractivity contribution in [3.05, 3.63) is 42.2 Å². The number of benzene rings is 1. The molecule has 4 nitrogen and oxygen atoms in total. The van der Waals surface area contributed by atoms with Crippen LogP contribution in [-0.2, 0) is 16.0 Å². The third-order valence-electron chi connectivity index (χ3n) is 2.41. The molecule has 0 spiro atoms. The molecule has 1 aromatic heterocycles. The molecule has 0 atom stereocenters. The van der Waals surface area contributed by atoms with Crippen LogP contribution in [0, 0.1) is 0 Å². The third kappa shape index (κ3) is 2.95. The molecular formula is C11H9F3N2O2S. The van der Waals surface area contributed by atoms with E-state index >= 15 is 0 Å². The van der Waals surface area contributed by atoms with Gasteiger partial charge in [0, 0.05) is 12.5 Å². The Labute approximate surface area is 107 Å². The fraction of sp³-hybridized carbons (Fsp3) is 0.182. The van der Waals surface area contributed by atoms with Crippen LogP contribution in [0.2, 0.25) is 0 Å². The highest BCUT2D eigenvalue weighted by Gasteiger charge is 2.33. The first kappa shape index (κ1) is 13.6. The lowest BCUT2D eigenvalue weighted by Crippen LogP contribution is -2.07. The van der Waals surface area contributed by atoms with Crippen LogP contribution in [0.15, 0.2) is 41.4 Å². The minimum Gasteiger partial charge on any atom is -0.240 e. The molecule has 1 heterocycles. The summed E-state index contributed by atoms with van der Waals surface area (Å²) in [5, 5.41) is 3.39. The quantitative estimate of drug-likeness (QED) is 0.852. The molecule has 0 amide bonds. The number of aromatic nitrogens is 2. The van der Waals surface area contributed by atoms with Crippen molar-refractivity contribution in [2.24, 2.45) is 0 Å². The van der Waals surface area contributed by atoms with Crippen LogP contribution >= 0.6 is 0 Å². The number of hydrogen-bond acceptors (Lipinski definition) is 3. The lowest BCUT2D eigenvalue weighted by molar-refractivity contribution is -0.141. The first-order valence-corrected chi connectivity index (χ1v) is 7.00. The van der Waals surface area contributed by atoms with Gasteiger partial charge in [-0.05, 0) is 30.3 Å². The van der Waals surface area contributed by atoms with Crippen LogP contribution in [-0.4, -0.2) is 24.5 Å². The second-order valence-corrected chi connectivity index (χ2v) is 5.93. The summed E-state index contributed by atoms with van der Waals surface area (Å²) in [6, 6.07) is 6.27. The molecule has 0 aliphatic carbocycles. The van der Waals surface area contributed by atoms with Gasteiger partial charge in [-0.3, -0.25) is 0 Å². The average Bonchev–Trinajstić information content (AvgIpc) is 2.77. The Kier molecular flexibility index (Phi) is 3.13. The van der Waals surface area contributed by atoms with Crippen molar-refractivity contribution in [3.63, 3.8) is 0 Å². The molecule has 0 aliphatic heterocycles. The highest BCUT2D eigenvalue weighted by Crippen LogP contribution is 2.27. The first-order chi connectivity index (χ1) is 8.68. The standard InChI is InChI=1S/C11H9F3N2O2S/c1-19(17,18)9-4-2-8(3-5-9)16-7-6-10(15-16)11(12,13)14/h2-7H,1H3. The number of alkyl halides is 3. The minimum atomic E-state index is -4.50. The highest BCUT2D eigenvalue weighted by molar-refractivity contribution is 7.90. The molecule has 19 heavy (non-hydrogen) atoms. The van der Waals surface area contributed by atoms with E-state index in [2.05, 4.69) is 5.10 Å². The van der Waals surface area contributed by atoms with Crippen LogP contribution in [0.25, 0.3) is 5.69 Å². The number of halogens is 3. The number of sulfone groups is 1.